The van der Waals surface area contributed by atoms with Crippen LogP contribution >= 0.6 is 21.7 Å². The van der Waals surface area contributed by atoms with Crippen LogP contribution in [0.3, 0.4) is 0 Å². The Morgan fingerprint density at radius 2 is 1.52 bits per heavy atom. The summed E-state index contributed by atoms with van der Waals surface area (Å²) in [6.07, 6.45) is 0. The Bertz CT molecular complexity index is 785. The van der Waals surface area contributed by atoms with Crippen molar-refractivity contribution in [2.75, 3.05) is 0 Å². The minimum atomic E-state index is -0.760. The van der Waals surface area contributed by atoms with Crippen molar-refractivity contribution < 1.29 is 19.1 Å². The van der Waals surface area contributed by atoms with Crippen molar-refractivity contribution in [3.8, 4) is 5.75 Å². The molecule has 21 heavy (non-hydrogen) atoms. The third-order valence-electron chi connectivity index (χ3n) is 3.17. The maximum absolute atomic E-state index is 12.6. The summed E-state index contributed by atoms with van der Waals surface area (Å²) in [4.78, 5) is 36.3. The highest BCUT2D eigenvalue weighted by Gasteiger charge is 2.32. The third kappa shape index (κ3) is 2.24. The number of fused-ring (bicyclic) bond motifs is 2. The van der Waals surface area contributed by atoms with Crippen molar-refractivity contribution in [2.24, 2.45) is 0 Å². The number of carbonyl (C=O) groups excluding carboxylic acids is 3. The first-order valence-corrected chi connectivity index (χ1v) is 7.59. The summed E-state index contributed by atoms with van der Waals surface area (Å²) in [6.45, 7) is 0. The maximum atomic E-state index is 12.6. The van der Waals surface area contributed by atoms with Gasteiger partial charge in [-0.15, -0.1) is 0 Å². The van der Waals surface area contributed by atoms with E-state index in [-0.39, 0.29) is 28.4 Å². The molecule has 0 spiro atoms. The quantitative estimate of drug-likeness (QED) is 0.638. The van der Waals surface area contributed by atoms with Gasteiger partial charge in [-0.1, -0.05) is 36.4 Å². The standard InChI is InChI=1S/C15H7ClO4S/c16-21-15(19)20-11-7-3-6-10-12(11)14(18)9-5-2-1-4-8(9)13(10)17/h1-7H. The van der Waals surface area contributed by atoms with E-state index in [9.17, 15) is 14.4 Å². The van der Waals surface area contributed by atoms with E-state index < -0.39 is 5.30 Å². The minimum absolute atomic E-state index is 0.0403. The van der Waals surface area contributed by atoms with Gasteiger partial charge in [0, 0.05) is 16.7 Å². The number of hydrogen-bond donors (Lipinski definition) is 0. The molecule has 0 bridgehead atoms. The Morgan fingerprint density at radius 1 is 0.905 bits per heavy atom. The van der Waals surface area contributed by atoms with Crippen molar-refractivity contribution in [3.05, 3.63) is 64.7 Å². The van der Waals surface area contributed by atoms with E-state index in [0.717, 1.165) is 0 Å². The van der Waals surface area contributed by atoms with Crippen molar-refractivity contribution in [3.63, 3.8) is 0 Å². The molecule has 104 valence electrons. The summed E-state index contributed by atoms with van der Waals surface area (Å²) < 4.78 is 5.01. The molecule has 0 atom stereocenters. The number of hydrogen-bond acceptors (Lipinski definition) is 5. The van der Waals surface area contributed by atoms with Crippen LogP contribution in [0.2, 0.25) is 0 Å². The van der Waals surface area contributed by atoms with Gasteiger partial charge in [0.05, 0.1) is 16.5 Å². The van der Waals surface area contributed by atoms with E-state index in [1.54, 1.807) is 30.3 Å². The fraction of sp³-hybridized carbons (Fsp3) is 0. The zero-order valence-electron chi connectivity index (χ0n) is 10.5. The number of ketones is 2. The van der Waals surface area contributed by atoms with Crippen LogP contribution < -0.4 is 4.74 Å². The summed E-state index contributed by atoms with van der Waals surface area (Å²) in [6, 6.07) is 11.1. The van der Waals surface area contributed by atoms with E-state index in [1.807, 2.05) is 0 Å². The zero-order chi connectivity index (χ0) is 15.0. The molecule has 0 aliphatic heterocycles. The monoisotopic (exact) mass is 318 g/mol. The van der Waals surface area contributed by atoms with E-state index >= 15 is 0 Å². The van der Waals surface area contributed by atoms with E-state index in [2.05, 4.69) is 0 Å². The average molecular weight is 319 g/mol. The second kappa shape index (κ2) is 5.35. The second-order valence-electron chi connectivity index (χ2n) is 4.31. The van der Waals surface area contributed by atoms with Crippen molar-refractivity contribution >= 4 is 38.5 Å². The molecule has 0 radical (unpaired) electrons. The van der Waals surface area contributed by atoms with Crippen LogP contribution in [-0.4, -0.2) is 16.9 Å². The Kier molecular flexibility index (Phi) is 3.53. The minimum Gasteiger partial charge on any atom is -0.417 e. The molecular weight excluding hydrogens is 312 g/mol. The summed E-state index contributed by atoms with van der Waals surface area (Å²) in [7, 11) is 5.69. The van der Waals surface area contributed by atoms with Crippen LogP contribution in [0.25, 0.3) is 0 Å². The number of halogens is 1. The van der Waals surface area contributed by atoms with Gasteiger partial charge in [-0.05, 0) is 16.7 Å². The van der Waals surface area contributed by atoms with Crippen LogP contribution in [0.5, 0.6) is 5.75 Å². The van der Waals surface area contributed by atoms with Gasteiger partial charge in [-0.2, -0.15) is 0 Å². The van der Waals surface area contributed by atoms with Crippen LogP contribution in [-0.2, 0) is 0 Å². The van der Waals surface area contributed by atoms with Crippen LogP contribution in [0.1, 0.15) is 31.8 Å². The largest absolute Gasteiger partial charge is 0.417 e. The highest BCUT2D eigenvalue weighted by Crippen LogP contribution is 2.33. The molecule has 0 saturated heterocycles. The molecule has 0 saturated carbocycles. The average Bonchev–Trinajstić information content (AvgIpc) is 2.52. The van der Waals surface area contributed by atoms with E-state index in [0.29, 0.717) is 22.1 Å². The molecule has 6 heteroatoms. The van der Waals surface area contributed by atoms with Gasteiger partial charge in [0.15, 0.2) is 11.6 Å². The summed E-state index contributed by atoms with van der Waals surface area (Å²) in [5.74, 6) is -0.571. The molecule has 0 aromatic heterocycles. The molecule has 3 rings (SSSR count). The predicted molar refractivity (Wildman–Crippen MR) is 79.2 cm³/mol. The van der Waals surface area contributed by atoms with Gasteiger partial charge in [0.25, 0.3) is 0 Å². The first kappa shape index (κ1) is 13.9. The molecular formula is C15H7ClO4S. The molecule has 2 aromatic rings. The third-order valence-corrected chi connectivity index (χ3v) is 3.76. The lowest BCUT2D eigenvalue weighted by atomic mass is 9.84. The molecule has 1 aliphatic carbocycles. The van der Waals surface area contributed by atoms with E-state index in [4.69, 9.17) is 15.4 Å². The fourth-order valence-corrected chi connectivity index (χ4v) is 2.52. The van der Waals surface area contributed by atoms with Gasteiger partial charge in [-0.25, -0.2) is 4.79 Å². The Hall–Kier alpha value is -2.11. The first-order chi connectivity index (χ1) is 10.1. The summed E-state index contributed by atoms with van der Waals surface area (Å²) >= 11 is 0. The molecule has 0 N–H and O–H groups in total. The summed E-state index contributed by atoms with van der Waals surface area (Å²) in [5.41, 5.74) is 0.978. The number of rotatable bonds is 1. The van der Waals surface area contributed by atoms with Gasteiger partial charge < -0.3 is 4.74 Å². The predicted octanol–water partition coefficient (Wildman–Crippen LogP) is 3.85. The van der Waals surface area contributed by atoms with Crippen LogP contribution in [0.4, 0.5) is 4.79 Å². The normalized spacial score (nSPS) is 12.6. The molecule has 0 heterocycles. The molecule has 0 unspecified atom stereocenters. The molecule has 2 aromatic carbocycles. The second-order valence-corrected chi connectivity index (χ2v) is 5.26. The lowest BCUT2D eigenvalue weighted by Gasteiger charge is -2.19. The van der Waals surface area contributed by atoms with Crippen LogP contribution in [0, 0.1) is 0 Å². The molecule has 0 amide bonds. The smallest absolute Gasteiger partial charge is 0.388 e. The van der Waals surface area contributed by atoms with Gasteiger partial charge in [-0.3, -0.25) is 9.59 Å². The number of benzene rings is 2. The van der Waals surface area contributed by atoms with Gasteiger partial charge >= 0.3 is 5.30 Å². The Labute approximate surface area is 128 Å². The summed E-state index contributed by atoms with van der Waals surface area (Å²) in [5, 5.41) is -0.760. The van der Waals surface area contributed by atoms with Crippen LogP contribution in [0.15, 0.2) is 42.5 Å². The highest BCUT2D eigenvalue weighted by atomic mass is 35.7. The maximum Gasteiger partial charge on any atom is 0.388 e. The van der Waals surface area contributed by atoms with Crippen molar-refractivity contribution in [2.45, 2.75) is 0 Å². The molecule has 0 fully saturated rings. The SMILES string of the molecule is O=C(Oc1cccc2c1C(=O)c1ccccc1C2=O)SCl. The van der Waals surface area contributed by atoms with Crippen molar-refractivity contribution in [1.29, 1.82) is 0 Å². The zero-order valence-corrected chi connectivity index (χ0v) is 12.0. The first-order valence-electron chi connectivity index (χ1n) is 5.95. The Morgan fingerprint density at radius 3 is 2.19 bits per heavy atom. The lowest BCUT2D eigenvalue weighted by Crippen LogP contribution is -2.22. The Balaban J connectivity index is 2.19. The van der Waals surface area contributed by atoms with Gasteiger partial charge in [0.1, 0.15) is 5.75 Å². The molecule has 1 aliphatic rings. The topological polar surface area (TPSA) is 60.4 Å². The fourth-order valence-electron chi connectivity index (χ4n) is 2.30. The number of carbonyl (C=O) groups is 3. The van der Waals surface area contributed by atoms with E-state index in [1.165, 1.54) is 12.1 Å². The van der Waals surface area contributed by atoms with Gasteiger partial charge in [0.2, 0.25) is 0 Å². The lowest BCUT2D eigenvalue weighted by molar-refractivity contribution is 0.0977. The number of ether oxygens (including phenoxy) is 1. The molecule has 4 nitrogen and oxygen atoms in total. The highest BCUT2D eigenvalue weighted by molar-refractivity contribution is 8.32. The van der Waals surface area contributed by atoms with Crippen molar-refractivity contribution in [1.82, 2.24) is 0 Å².